The van der Waals surface area contributed by atoms with Gasteiger partial charge in [0.2, 0.25) is 10.0 Å². The third-order valence-corrected chi connectivity index (χ3v) is 8.43. The number of nitro groups is 1. The summed E-state index contributed by atoms with van der Waals surface area (Å²) in [6.45, 7) is 2.07. The lowest BCUT2D eigenvalue weighted by molar-refractivity contribution is -0.385. The summed E-state index contributed by atoms with van der Waals surface area (Å²) in [4.78, 5) is 13.6. The summed E-state index contributed by atoms with van der Waals surface area (Å²) in [6, 6.07) is 8.73. The smallest absolute Gasteiger partial charge is 0.270 e. The number of nitrogens with zero attached hydrogens (tertiary/aromatic N) is 3. The Morgan fingerprint density at radius 3 is 2.52 bits per heavy atom. The first-order chi connectivity index (χ1) is 13.7. The van der Waals surface area contributed by atoms with Crippen molar-refractivity contribution in [1.29, 1.82) is 0 Å². The molecule has 0 aromatic heterocycles. The van der Waals surface area contributed by atoms with E-state index in [4.69, 9.17) is 23.2 Å². The fourth-order valence-corrected chi connectivity index (χ4v) is 6.33. The molecule has 1 aliphatic rings. The van der Waals surface area contributed by atoms with Crippen molar-refractivity contribution in [3.05, 3.63) is 56.6 Å². The van der Waals surface area contributed by atoms with Gasteiger partial charge in [0.1, 0.15) is 4.90 Å². The van der Waals surface area contributed by atoms with Gasteiger partial charge in [-0.15, -0.1) is 0 Å². The molecule has 0 atom stereocenters. The lowest BCUT2D eigenvalue weighted by Crippen LogP contribution is -2.34. The number of hydrogen-bond donors (Lipinski definition) is 0. The number of halogens is 2. The molecule has 156 valence electrons. The third-order valence-electron chi connectivity index (χ3n) is 4.55. The van der Waals surface area contributed by atoms with Crippen LogP contribution < -0.4 is 0 Å². The van der Waals surface area contributed by atoms with Crippen molar-refractivity contribution in [3.8, 4) is 0 Å². The summed E-state index contributed by atoms with van der Waals surface area (Å²) in [6.07, 6.45) is 0.688. The van der Waals surface area contributed by atoms with Crippen LogP contribution in [0.3, 0.4) is 0 Å². The van der Waals surface area contributed by atoms with Crippen LogP contribution in [-0.4, -0.2) is 55.8 Å². The van der Waals surface area contributed by atoms with Crippen molar-refractivity contribution in [1.82, 2.24) is 9.21 Å². The fraction of sp³-hybridized carbons (Fsp3) is 0.333. The van der Waals surface area contributed by atoms with Gasteiger partial charge >= 0.3 is 0 Å². The van der Waals surface area contributed by atoms with Gasteiger partial charge in [0.15, 0.2) is 0 Å². The first-order valence-electron chi connectivity index (χ1n) is 8.78. The van der Waals surface area contributed by atoms with Gasteiger partial charge in [-0.1, -0.05) is 35.0 Å². The standard InChI is InChI=1S/C18H19Cl2N3O4S2/c1-21-7-2-8-22(10-9-21)29(26,27)18-12-14(23(24)25)4-6-16(18)28-17-11-13(19)3-5-15(17)20/h3-6,11-12H,2,7-10H2,1H3. The highest BCUT2D eigenvalue weighted by atomic mass is 35.5. The summed E-state index contributed by atoms with van der Waals surface area (Å²) in [5, 5.41) is 12.1. The number of nitro benzene ring substituents is 1. The molecule has 0 N–H and O–H groups in total. The predicted octanol–water partition coefficient (Wildman–Crippen LogP) is 4.38. The summed E-state index contributed by atoms with van der Waals surface area (Å²) in [5.74, 6) is 0. The topological polar surface area (TPSA) is 83.8 Å². The average molecular weight is 476 g/mol. The van der Waals surface area contributed by atoms with Crippen molar-refractivity contribution >= 4 is 50.7 Å². The lowest BCUT2D eigenvalue weighted by atomic mass is 10.3. The summed E-state index contributed by atoms with van der Waals surface area (Å²) < 4.78 is 28.2. The molecule has 2 aromatic carbocycles. The van der Waals surface area contributed by atoms with Crippen LogP contribution in [0.25, 0.3) is 0 Å². The highest BCUT2D eigenvalue weighted by molar-refractivity contribution is 8.00. The first-order valence-corrected chi connectivity index (χ1v) is 11.8. The predicted molar refractivity (Wildman–Crippen MR) is 115 cm³/mol. The Balaban J connectivity index is 2.06. The van der Waals surface area contributed by atoms with Gasteiger partial charge in [0.25, 0.3) is 5.69 Å². The van der Waals surface area contributed by atoms with E-state index in [0.717, 1.165) is 24.4 Å². The zero-order chi connectivity index (χ0) is 21.2. The van der Waals surface area contributed by atoms with Crippen molar-refractivity contribution < 1.29 is 13.3 Å². The minimum Gasteiger partial charge on any atom is -0.305 e. The van der Waals surface area contributed by atoms with Crippen molar-refractivity contribution in [3.63, 3.8) is 0 Å². The number of non-ortho nitro benzene ring substituents is 1. The molecule has 11 heteroatoms. The minimum absolute atomic E-state index is 0.0997. The second-order valence-corrected chi connectivity index (χ2v) is 10.5. The molecular formula is C18H19Cl2N3O4S2. The van der Waals surface area contributed by atoms with Gasteiger partial charge < -0.3 is 4.90 Å². The van der Waals surface area contributed by atoms with Gasteiger partial charge in [0, 0.05) is 46.6 Å². The van der Waals surface area contributed by atoms with Crippen molar-refractivity contribution in [2.75, 3.05) is 33.2 Å². The first kappa shape index (κ1) is 22.3. The Morgan fingerprint density at radius 1 is 1.03 bits per heavy atom. The van der Waals surface area contributed by atoms with Gasteiger partial charge in [-0.3, -0.25) is 10.1 Å². The van der Waals surface area contributed by atoms with Crippen LogP contribution in [0.2, 0.25) is 10.0 Å². The highest BCUT2D eigenvalue weighted by Crippen LogP contribution is 2.40. The molecule has 29 heavy (non-hydrogen) atoms. The number of benzene rings is 2. The Morgan fingerprint density at radius 2 is 1.79 bits per heavy atom. The van der Waals surface area contributed by atoms with Gasteiger partial charge in [-0.2, -0.15) is 4.31 Å². The molecule has 0 saturated carbocycles. The molecule has 0 unspecified atom stereocenters. The minimum atomic E-state index is -3.93. The Kier molecular flexibility index (Phi) is 7.08. The van der Waals surface area contributed by atoms with Crippen LogP contribution in [0, 0.1) is 10.1 Å². The maximum Gasteiger partial charge on any atom is 0.270 e. The van der Waals surface area contributed by atoms with E-state index in [-0.39, 0.29) is 10.6 Å². The largest absolute Gasteiger partial charge is 0.305 e. The molecule has 1 fully saturated rings. The molecule has 1 aliphatic heterocycles. The van der Waals surface area contributed by atoms with Gasteiger partial charge in [-0.05, 0) is 44.3 Å². The Bertz CT molecular complexity index is 1030. The molecule has 0 amide bonds. The Hall–Kier alpha value is -1.36. The second kappa shape index (κ2) is 9.20. The van der Waals surface area contributed by atoms with Crippen LogP contribution in [0.15, 0.2) is 51.1 Å². The van der Waals surface area contributed by atoms with Crippen LogP contribution in [0.5, 0.6) is 0 Å². The van der Waals surface area contributed by atoms with Crippen LogP contribution in [0.4, 0.5) is 5.69 Å². The summed E-state index contributed by atoms with van der Waals surface area (Å²) >= 11 is 13.4. The van der Waals surface area contributed by atoms with E-state index in [1.807, 2.05) is 7.05 Å². The molecule has 0 spiro atoms. The van der Waals surface area contributed by atoms with Gasteiger partial charge in [0.05, 0.1) is 9.95 Å². The van der Waals surface area contributed by atoms with E-state index in [1.165, 1.54) is 16.4 Å². The van der Waals surface area contributed by atoms with E-state index >= 15 is 0 Å². The number of sulfonamides is 1. The van der Waals surface area contributed by atoms with Crippen LogP contribution in [-0.2, 0) is 10.0 Å². The maximum atomic E-state index is 13.4. The van der Waals surface area contributed by atoms with E-state index < -0.39 is 14.9 Å². The monoisotopic (exact) mass is 475 g/mol. The quantitative estimate of drug-likeness (QED) is 0.471. The number of likely N-dealkylation sites (N-methyl/N-ethyl adjacent to an activating group) is 1. The third kappa shape index (κ3) is 5.22. The molecule has 3 rings (SSSR count). The molecule has 0 bridgehead atoms. The summed E-state index contributed by atoms with van der Waals surface area (Å²) in [5.41, 5.74) is -0.281. The Labute approximate surface area is 183 Å². The molecule has 1 heterocycles. The maximum absolute atomic E-state index is 13.4. The molecule has 2 aromatic rings. The number of rotatable bonds is 5. The van der Waals surface area contributed by atoms with E-state index in [1.54, 1.807) is 18.2 Å². The van der Waals surface area contributed by atoms with Crippen LogP contribution in [0.1, 0.15) is 6.42 Å². The fourth-order valence-electron chi connectivity index (χ4n) is 2.97. The molecular weight excluding hydrogens is 457 g/mol. The SMILES string of the molecule is CN1CCCN(S(=O)(=O)c2cc([N+](=O)[O-])ccc2Sc2cc(Cl)ccc2Cl)CC1. The van der Waals surface area contributed by atoms with E-state index in [2.05, 4.69) is 4.90 Å². The van der Waals surface area contributed by atoms with Crippen molar-refractivity contribution in [2.45, 2.75) is 21.1 Å². The van der Waals surface area contributed by atoms with Crippen LogP contribution >= 0.6 is 35.0 Å². The molecule has 0 aliphatic carbocycles. The lowest BCUT2D eigenvalue weighted by Gasteiger charge is -2.21. The van der Waals surface area contributed by atoms with Crippen molar-refractivity contribution in [2.24, 2.45) is 0 Å². The molecule has 0 radical (unpaired) electrons. The molecule has 1 saturated heterocycles. The normalized spacial score (nSPS) is 16.5. The second-order valence-electron chi connectivity index (χ2n) is 6.63. The van der Waals surface area contributed by atoms with Gasteiger partial charge in [-0.25, -0.2) is 8.42 Å². The molecule has 7 nitrogen and oxygen atoms in total. The zero-order valence-electron chi connectivity index (χ0n) is 15.5. The van der Waals surface area contributed by atoms with E-state index in [9.17, 15) is 18.5 Å². The highest BCUT2D eigenvalue weighted by Gasteiger charge is 2.30. The van der Waals surface area contributed by atoms with E-state index in [0.29, 0.717) is 45.9 Å². The summed E-state index contributed by atoms with van der Waals surface area (Å²) in [7, 11) is -2.00. The zero-order valence-corrected chi connectivity index (χ0v) is 18.7. The number of hydrogen-bond acceptors (Lipinski definition) is 6. The average Bonchev–Trinajstić information content (AvgIpc) is 2.89.